The topological polar surface area (TPSA) is 69.9 Å². The Morgan fingerprint density at radius 3 is 1.93 bits per heavy atom. The molecule has 0 aliphatic carbocycles. The molecule has 1 fully saturated rings. The largest absolute Gasteiger partial charge is 0.394 e. The number of hydrogen-bond donors (Lipinski definition) is 3. The molecule has 0 radical (unpaired) electrons. The summed E-state index contributed by atoms with van der Waals surface area (Å²) in [5, 5.41) is 24.9. The number of hydrogen-bond acceptors (Lipinski definition) is 4. The second kappa shape index (κ2) is 6.43. The Balaban J connectivity index is 0.000000336. The van der Waals surface area contributed by atoms with Crippen molar-refractivity contribution >= 4 is 0 Å². The van der Waals surface area contributed by atoms with Crippen molar-refractivity contribution in [3.63, 3.8) is 0 Å². The number of aliphatic hydroxyl groups excluding tert-OH is 1. The standard InChI is InChI=1S/C8H16O2.C3H8O2/c1-6(2)8-4-3-7(5-9)10-8;1-3(2,4)5/h6-9H,3-5H2,1-2H3;4-5H,1-2H3. The first kappa shape index (κ1) is 14.8. The van der Waals surface area contributed by atoms with E-state index in [-0.39, 0.29) is 12.7 Å². The van der Waals surface area contributed by atoms with E-state index >= 15 is 0 Å². The minimum absolute atomic E-state index is 0.118. The van der Waals surface area contributed by atoms with E-state index in [1.165, 1.54) is 13.8 Å². The van der Waals surface area contributed by atoms with Crippen LogP contribution in [0.15, 0.2) is 0 Å². The smallest absolute Gasteiger partial charge is 0.156 e. The third kappa shape index (κ3) is 8.81. The Kier molecular flexibility index (Phi) is 6.36. The van der Waals surface area contributed by atoms with Crippen molar-refractivity contribution in [1.82, 2.24) is 0 Å². The molecule has 92 valence electrons. The summed E-state index contributed by atoms with van der Waals surface area (Å²) >= 11 is 0. The molecule has 1 aliphatic rings. The molecule has 1 rings (SSSR count). The van der Waals surface area contributed by atoms with Gasteiger partial charge >= 0.3 is 0 Å². The predicted octanol–water partition coefficient (Wildman–Crippen LogP) is 0.889. The van der Waals surface area contributed by atoms with Crippen LogP contribution in [0.25, 0.3) is 0 Å². The lowest BCUT2D eigenvalue weighted by Crippen LogP contribution is -2.18. The van der Waals surface area contributed by atoms with Gasteiger partial charge in [0.15, 0.2) is 5.79 Å². The van der Waals surface area contributed by atoms with E-state index in [1.54, 1.807) is 0 Å². The Morgan fingerprint density at radius 1 is 1.27 bits per heavy atom. The van der Waals surface area contributed by atoms with Crippen molar-refractivity contribution in [2.45, 2.75) is 58.5 Å². The van der Waals surface area contributed by atoms with Crippen molar-refractivity contribution in [3.8, 4) is 0 Å². The zero-order valence-electron chi connectivity index (χ0n) is 10.1. The van der Waals surface area contributed by atoms with Gasteiger partial charge in [-0.1, -0.05) is 13.8 Å². The molecule has 2 unspecified atom stereocenters. The molecule has 0 bridgehead atoms. The van der Waals surface area contributed by atoms with Gasteiger partial charge in [-0.2, -0.15) is 0 Å². The minimum Gasteiger partial charge on any atom is -0.394 e. The summed E-state index contributed by atoms with van der Waals surface area (Å²) < 4.78 is 5.52. The average Bonchev–Trinajstić information content (AvgIpc) is 2.48. The van der Waals surface area contributed by atoms with Crippen LogP contribution in [0.3, 0.4) is 0 Å². The molecule has 4 nitrogen and oxygen atoms in total. The number of rotatable bonds is 2. The van der Waals surface area contributed by atoms with Gasteiger partial charge < -0.3 is 20.1 Å². The molecule has 15 heavy (non-hydrogen) atoms. The predicted molar refractivity (Wildman–Crippen MR) is 58.3 cm³/mol. The van der Waals surface area contributed by atoms with Crippen LogP contribution in [0.1, 0.15) is 40.5 Å². The lowest BCUT2D eigenvalue weighted by Gasteiger charge is -2.14. The van der Waals surface area contributed by atoms with Gasteiger partial charge in [0.2, 0.25) is 0 Å². The van der Waals surface area contributed by atoms with Crippen LogP contribution in [0, 0.1) is 5.92 Å². The monoisotopic (exact) mass is 220 g/mol. The third-order valence-corrected chi connectivity index (χ3v) is 2.09. The van der Waals surface area contributed by atoms with Gasteiger partial charge in [-0.3, -0.25) is 0 Å². The molecule has 0 aromatic carbocycles. The van der Waals surface area contributed by atoms with Crippen LogP contribution in [-0.2, 0) is 4.74 Å². The highest BCUT2D eigenvalue weighted by atomic mass is 16.5. The summed E-state index contributed by atoms with van der Waals surface area (Å²) in [6.45, 7) is 7.10. The maximum absolute atomic E-state index is 8.74. The highest BCUT2D eigenvalue weighted by Crippen LogP contribution is 2.24. The van der Waals surface area contributed by atoms with Gasteiger partial charge in [0.05, 0.1) is 18.8 Å². The molecule has 0 saturated carbocycles. The van der Waals surface area contributed by atoms with Crippen LogP contribution in [-0.4, -0.2) is 39.9 Å². The molecule has 1 heterocycles. The second-order valence-corrected chi connectivity index (χ2v) is 4.79. The Morgan fingerprint density at radius 2 is 1.73 bits per heavy atom. The molecule has 1 aliphatic heterocycles. The van der Waals surface area contributed by atoms with Crippen LogP contribution in [0.4, 0.5) is 0 Å². The maximum Gasteiger partial charge on any atom is 0.156 e. The first-order chi connectivity index (χ1) is 6.74. The van der Waals surface area contributed by atoms with E-state index in [4.69, 9.17) is 20.1 Å². The molecule has 4 heteroatoms. The fourth-order valence-corrected chi connectivity index (χ4v) is 1.36. The Hall–Kier alpha value is -0.160. The molecular formula is C11H24O4. The molecule has 2 atom stereocenters. The molecule has 0 spiro atoms. The van der Waals surface area contributed by atoms with Crippen LogP contribution in [0.5, 0.6) is 0 Å². The van der Waals surface area contributed by atoms with E-state index in [9.17, 15) is 0 Å². The van der Waals surface area contributed by atoms with Crippen molar-refractivity contribution in [1.29, 1.82) is 0 Å². The highest BCUT2D eigenvalue weighted by molar-refractivity contribution is 4.74. The zero-order valence-corrected chi connectivity index (χ0v) is 10.1. The van der Waals surface area contributed by atoms with E-state index in [0.29, 0.717) is 12.0 Å². The molecular weight excluding hydrogens is 196 g/mol. The lowest BCUT2D eigenvalue weighted by atomic mass is 10.0. The second-order valence-electron chi connectivity index (χ2n) is 4.79. The lowest BCUT2D eigenvalue weighted by molar-refractivity contribution is -0.127. The van der Waals surface area contributed by atoms with Gasteiger partial charge in [-0.15, -0.1) is 0 Å². The zero-order chi connectivity index (χ0) is 12.1. The summed E-state index contributed by atoms with van der Waals surface area (Å²) in [7, 11) is 0. The maximum atomic E-state index is 8.74. The SMILES string of the molecule is CC(C)(O)O.CC(C)C1CCC(CO)O1. The van der Waals surface area contributed by atoms with Crippen molar-refractivity contribution in [2.75, 3.05) is 6.61 Å². The quantitative estimate of drug-likeness (QED) is 0.604. The van der Waals surface area contributed by atoms with E-state index in [2.05, 4.69) is 13.8 Å². The highest BCUT2D eigenvalue weighted by Gasteiger charge is 2.26. The van der Waals surface area contributed by atoms with Gasteiger partial charge in [0, 0.05) is 0 Å². The van der Waals surface area contributed by atoms with Gasteiger partial charge in [-0.25, -0.2) is 0 Å². The van der Waals surface area contributed by atoms with E-state index in [1.807, 2.05) is 0 Å². The summed E-state index contributed by atoms with van der Waals surface area (Å²) in [4.78, 5) is 0. The summed E-state index contributed by atoms with van der Waals surface area (Å²) in [6.07, 6.45) is 2.65. The summed E-state index contributed by atoms with van der Waals surface area (Å²) in [5.41, 5.74) is 0. The van der Waals surface area contributed by atoms with Crippen LogP contribution in [0.2, 0.25) is 0 Å². The van der Waals surface area contributed by atoms with Crippen LogP contribution >= 0.6 is 0 Å². The summed E-state index contributed by atoms with van der Waals surface area (Å²) in [5.74, 6) is -0.906. The van der Waals surface area contributed by atoms with Crippen molar-refractivity contribution in [3.05, 3.63) is 0 Å². The fraction of sp³-hybridized carbons (Fsp3) is 1.00. The Bertz CT molecular complexity index is 156. The first-order valence-electron chi connectivity index (χ1n) is 5.45. The van der Waals surface area contributed by atoms with Crippen molar-refractivity contribution in [2.24, 2.45) is 5.92 Å². The minimum atomic E-state index is -1.50. The number of ether oxygens (including phenoxy) is 1. The molecule has 1 saturated heterocycles. The van der Waals surface area contributed by atoms with Crippen LogP contribution < -0.4 is 0 Å². The first-order valence-corrected chi connectivity index (χ1v) is 5.45. The third-order valence-electron chi connectivity index (χ3n) is 2.09. The Labute approximate surface area is 91.9 Å². The van der Waals surface area contributed by atoms with Gasteiger partial charge in [-0.05, 0) is 32.6 Å². The van der Waals surface area contributed by atoms with E-state index in [0.717, 1.165) is 12.8 Å². The molecule has 0 aromatic heterocycles. The van der Waals surface area contributed by atoms with Gasteiger partial charge in [0.25, 0.3) is 0 Å². The van der Waals surface area contributed by atoms with Gasteiger partial charge in [0.1, 0.15) is 0 Å². The molecule has 0 aromatic rings. The molecule has 3 N–H and O–H groups in total. The normalized spacial score (nSPS) is 26.4. The van der Waals surface area contributed by atoms with Crippen molar-refractivity contribution < 1.29 is 20.1 Å². The molecule has 0 amide bonds. The van der Waals surface area contributed by atoms with E-state index < -0.39 is 5.79 Å². The average molecular weight is 220 g/mol. The fourth-order valence-electron chi connectivity index (χ4n) is 1.36. The number of aliphatic hydroxyl groups is 3. The summed E-state index contributed by atoms with van der Waals surface area (Å²) in [6, 6.07) is 0.